The van der Waals surface area contributed by atoms with Gasteiger partial charge in [0.15, 0.2) is 10.6 Å². The molecule has 6 heteroatoms. The second-order valence-electron chi connectivity index (χ2n) is 6.58. The van der Waals surface area contributed by atoms with Gasteiger partial charge in [0.1, 0.15) is 5.75 Å². The fraction of sp³-hybridized carbons (Fsp3) is 0.300. The van der Waals surface area contributed by atoms with Gasteiger partial charge >= 0.3 is 0 Å². The zero-order chi connectivity index (χ0) is 18.1. The van der Waals surface area contributed by atoms with E-state index in [1.165, 1.54) is 11.1 Å². The predicted molar refractivity (Wildman–Crippen MR) is 105 cm³/mol. The molecule has 0 saturated heterocycles. The second kappa shape index (κ2) is 7.05. The summed E-state index contributed by atoms with van der Waals surface area (Å²) >= 11 is 5.64. The van der Waals surface area contributed by atoms with Crippen LogP contribution in [0.15, 0.2) is 48.5 Å². The maximum Gasteiger partial charge on any atom is 0.199 e. The first-order valence-corrected chi connectivity index (χ1v) is 9.14. The number of aromatic nitrogens is 3. The molecule has 0 spiro atoms. The molecule has 0 saturated carbocycles. The Morgan fingerprint density at radius 1 is 1.08 bits per heavy atom. The lowest BCUT2D eigenvalue weighted by atomic mass is 10.0. The maximum absolute atomic E-state index is 5.64. The molecule has 0 aliphatic carbocycles. The van der Waals surface area contributed by atoms with E-state index in [0.29, 0.717) is 11.4 Å². The van der Waals surface area contributed by atoms with Gasteiger partial charge in [-0.25, -0.2) is 4.68 Å². The molecule has 0 atom stereocenters. The van der Waals surface area contributed by atoms with Crippen molar-refractivity contribution in [2.45, 2.75) is 19.6 Å². The highest BCUT2D eigenvalue weighted by atomic mass is 32.1. The molecule has 2 heterocycles. The number of hydrogen-bond acceptors (Lipinski definition) is 4. The number of fused-ring (bicyclic) bond motifs is 1. The predicted octanol–water partition coefficient (Wildman–Crippen LogP) is 3.64. The lowest BCUT2D eigenvalue weighted by Gasteiger charge is -2.28. The van der Waals surface area contributed by atoms with E-state index in [2.05, 4.69) is 29.2 Å². The second-order valence-corrected chi connectivity index (χ2v) is 6.94. The number of benzene rings is 2. The van der Waals surface area contributed by atoms with Gasteiger partial charge in [0.25, 0.3) is 0 Å². The summed E-state index contributed by atoms with van der Waals surface area (Å²) in [4.78, 5) is 2.39. The molecule has 0 bridgehead atoms. The van der Waals surface area contributed by atoms with Crippen molar-refractivity contribution in [1.29, 1.82) is 0 Å². The molecule has 2 aromatic carbocycles. The van der Waals surface area contributed by atoms with Crippen molar-refractivity contribution in [3.63, 3.8) is 0 Å². The number of hydrogen-bond donors (Lipinski definition) is 0. The molecule has 5 nitrogen and oxygen atoms in total. The van der Waals surface area contributed by atoms with Gasteiger partial charge in [-0.05, 0) is 41.9 Å². The van der Waals surface area contributed by atoms with Crippen molar-refractivity contribution in [3.8, 4) is 17.1 Å². The van der Waals surface area contributed by atoms with Crippen molar-refractivity contribution in [1.82, 2.24) is 19.2 Å². The molecule has 1 aliphatic heterocycles. The highest BCUT2D eigenvalue weighted by molar-refractivity contribution is 7.71. The van der Waals surface area contributed by atoms with E-state index in [1.807, 2.05) is 40.6 Å². The Morgan fingerprint density at radius 2 is 1.81 bits per heavy atom. The number of methoxy groups -OCH3 is 1. The number of ether oxygens (including phenoxy) is 1. The van der Waals surface area contributed by atoms with Crippen molar-refractivity contribution < 1.29 is 4.74 Å². The van der Waals surface area contributed by atoms with Crippen LogP contribution in [0, 0.1) is 4.77 Å². The van der Waals surface area contributed by atoms with Gasteiger partial charge in [0.2, 0.25) is 0 Å². The SMILES string of the molecule is COc1ccccc1-c1nn(CN2CCc3ccccc3C2)c(=S)n1C. The zero-order valence-corrected chi connectivity index (χ0v) is 15.9. The first kappa shape index (κ1) is 17.0. The first-order valence-electron chi connectivity index (χ1n) is 8.73. The standard InChI is InChI=1S/C20H22N4OS/c1-22-19(17-9-5-6-10-18(17)25-2)21-24(20(22)26)14-23-12-11-15-7-3-4-8-16(15)13-23/h3-10H,11-14H2,1-2H3. The van der Waals surface area contributed by atoms with Crippen molar-refractivity contribution in [2.75, 3.05) is 13.7 Å². The van der Waals surface area contributed by atoms with Crippen LogP contribution in [0.2, 0.25) is 0 Å². The van der Waals surface area contributed by atoms with Crippen LogP contribution < -0.4 is 4.74 Å². The molecule has 26 heavy (non-hydrogen) atoms. The molecule has 3 aromatic rings. The fourth-order valence-corrected chi connectivity index (χ4v) is 3.69. The van der Waals surface area contributed by atoms with Crippen LogP contribution in [0.3, 0.4) is 0 Å². The normalized spacial score (nSPS) is 14.2. The molecule has 4 rings (SSSR count). The summed E-state index contributed by atoms with van der Waals surface area (Å²) in [6, 6.07) is 16.5. The Bertz CT molecular complexity index is 991. The molecule has 0 radical (unpaired) electrons. The number of nitrogens with zero attached hydrogens (tertiary/aromatic N) is 4. The Balaban J connectivity index is 1.62. The Kier molecular flexibility index (Phi) is 4.61. The van der Waals surface area contributed by atoms with Gasteiger partial charge < -0.3 is 9.30 Å². The number of rotatable bonds is 4. The Labute approximate surface area is 158 Å². The molecule has 134 valence electrons. The summed E-state index contributed by atoms with van der Waals surface area (Å²) in [6.07, 6.45) is 1.07. The van der Waals surface area contributed by atoms with Crippen LogP contribution in [-0.2, 0) is 26.7 Å². The third-order valence-electron chi connectivity index (χ3n) is 4.93. The molecule has 1 aliphatic rings. The smallest absolute Gasteiger partial charge is 0.199 e. The highest BCUT2D eigenvalue weighted by Crippen LogP contribution is 2.28. The van der Waals surface area contributed by atoms with E-state index in [-0.39, 0.29) is 0 Å². The van der Waals surface area contributed by atoms with Crippen molar-refractivity contribution >= 4 is 12.2 Å². The van der Waals surface area contributed by atoms with Gasteiger partial charge in [0, 0.05) is 20.1 Å². The third-order valence-corrected chi connectivity index (χ3v) is 5.42. The van der Waals surface area contributed by atoms with E-state index in [1.54, 1.807) is 7.11 Å². The molecule has 0 fully saturated rings. The average molecular weight is 366 g/mol. The maximum atomic E-state index is 5.64. The minimum absolute atomic E-state index is 0.691. The van der Waals surface area contributed by atoms with Gasteiger partial charge in [-0.3, -0.25) is 4.90 Å². The average Bonchev–Trinajstić information content (AvgIpc) is 2.96. The monoisotopic (exact) mass is 366 g/mol. The van der Waals surface area contributed by atoms with Crippen LogP contribution >= 0.6 is 12.2 Å². The minimum atomic E-state index is 0.691. The quantitative estimate of drug-likeness (QED) is 0.661. The van der Waals surface area contributed by atoms with Crippen LogP contribution in [-0.4, -0.2) is 32.9 Å². The van der Waals surface area contributed by atoms with Crippen LogP contribution in [0.25, 0.3) is 11.4 Å². The first-order chi connectivity index (χ1) is 12.7. The van der Waals surface area contributed by atoms with Gasteiger partial charge in [-0.1, -0.05) is 36.4 Å². The summed E-state index contributed by atoms with van der Waals surface area (Å²) in [5.74, 6) is 1.62. The fourth-order valence-electron chi connectivity index (χ4n) is 3.51. The molecule has 0 unspecified atom stereocenters. The minimum Gasteiger partial charge on any atom is -0.496 e. The summed E-state index contributed by atoms with van der Waals surface area (Å²) < 4.78 is 10.1. The Morgan fingerprint density at radius 3 is 2.62 bits per heavy atom. The molecule has 0 N–H and O–H groups in total. The van der Waals surface area contributed by atoms with E-state index < -0.39 is 0 Å². The lowest BCUT2D eigenvalue weighted by Crippen LogP contribution is -2.32. The van der Waals surface area contributed by atoms with E-state index in [9.17, 15) is 0 Å². The molecular weight excluding hydrogens is 344 g/mol. The van der Waals surface area contributed by atoms with Crippen LogP contribution in [0.1, 0.15) is 11.1 Å². The van der Waals surface area contributed by atoms with Crippen LogP contribution in [0.5, 0.6) is 5.75 Å². The third kappa shape index (κ3) is 3.06. The van der Waals surface area contributed by atoms with E-state index in [4.69, 9.17) is 22.1 Å². The largest absolute Gasteiger partial charge is 0.496 e. The van der Waals surface area contributed by atoms with Crippen molar-refractivity contribution in [2.24, 2.45) is 7.05 Å². The highest BCUT2D eigenvalue weighted by Gasteiger charge is 2.19. The summed E-state index contributed by atoms with van der Waals surface area (Å²) in [6.45, 7) is 2.63. The molecule has 0 amide bonds. The van der Waals surface area contributed by atoms with E-state index >= 15 is 0 Å². The number of para-hydroxylation sites is 1. The topological polar surface area (TPSA) is 35.2 Å². The van der Waals surface area contributed by atoms with Gasteiger partial charge in [-0.15, -0.1) is 0 Å². The lowest BCUT2D eigenvalue weighted by molar-refractivity contribution is 0.188. The van der Waals surface area contributed by atoms with Crippen LogP contribution in [0.4, 0.5) is 0 Å². The van der Waals surface area contributed by atoms with Crippen molar-refractivity contribution in [3.05, 3.63) is 64.4 Å². The Hall–Kier alpha value is -2.44. The summed E-state index contributed by atoms with van der Waals surface area (Å²) in [5.41, 5.74) is 3.79. The van der Waals surface area contributed by atoms with Gasteiger partial charge in [-0.2, -0.15) is 5.10 Å². The summed E-state index contributed by atoms with van der Waals surface area (Å²) in [5, 5.41) is 4.79. The zero-order valence-electron chi connectivity index (χ0n) is 15.1. The molecular formula is C20H22N4OS. The summed E-state index contributed by atoms with van der Waals surface area (Å²) in [7, 11) is 3.63. The molecule has 1 aromatic heterocycles. The van der Waals surface area contributed by atoms with Gasteiger partial charge in [0.05, 0.1) is 19.3 Å². The van der Waals surface area contributed by atoms with E-state index in [0.717, 1.165) is 36.6 Å².